The van der Waals surface area contributed by atoms with Gasteiger partial charge < -0.3 is 10.2 Å². The molecule has 2 N–H and O–H groups in total. The Kier molecular flexibility index (Phi) is 71.3. The average Bonchev–Trinajstić information content (AvgIpc) is 1.39. The molecule has 0 aliphatic heterocycles. The maximum Gasteiger partial charge on any atom is 0.0402 e. The Balaban J connectivity index is -0.0000000400. The zero-order valence-corrected chi connectivity index (χ0v) is 5.99. The second-order valence-corrected chi connectivity index (χ2v) is 0.632. The summed E-state index contributed by atoms with van der Waals surface area (Å²) in [5, 5.41) is 15.1. The predicted octanol–water partition coefficient (Wildman–Crippen LogP) is -0.00530. The van der Waals surface area contributed by atoms with Gasteiger partial charge in [-0.3, -0.25) is 0 Å². The minimum Gasteiger partial charge on any atom is -0.397 e. The van der Waals surface area contributed by atoms with Crippen LogP contribution in [0.1, 0.15) is 13.8 Å². The first-order valence-corrected chi connectivity index (χ1v) is 2.05. The van der Waals surface area contributed by atoms with Crippen LogP contribution in [0.4, 0.5) is 0 Å². The molecule has 46 valence electrons. The van der Waals surface area contributed by atoms with Crippen molar-refractivity contribution in [1.29, 1.82) is 0 Å². The molecule has 0 amide bonds. The summed E-state index contributed by atoms with van der Waals surface area (Å²) in [5.41, 5.74) is 0. The molecular weight excluding hydrogens is 132 g/mol. The molecule has 0 aliphatic rings. The van der Waals surface area contributed by atoms with E-state index in [0.29, 0.717) is 0 Å². The minimum atomic E-state index is 0. The van der Waals surface area contributed by atoms with E-state index >= 15 is 0 Å². The maximum absolute atomic E-state index is 7.57. The predicted molar refractivity (Wildman–Crippen MR) is 25.5 cm³/mol. The number of rotatable bonds is 0. The van der Waals surface area contributed by atoms with Crippen molar-refractivity contribution in [2.24, 2.45) is 0 Å². The van der Waals surface area contributed by atoms with Gasteiger partial charge >= 0.3 is 0 Å². The van der Waals surface area contributed by atoms with Crippen molar-refractivity contribution in [3.05, 3.63) is 0 Å². The molecule has 0 aromatic rings. The zero-order chi connectivity index (χ0) is 5.41. The molecule has 0 aromatic heterocycles. The van der Waals surface area contributed by atoms with Gasteiger partial charge in [-0.2, -0.15) is 0 Å². The van der Waals surface area contributed by atoms with Crippen LogP contribution in [-0.4, -0.2) is 23.4 Å². The SMILES string of the molecule is CCO.CCO.[Cr]. The van der Waals surface area contributed by atoms with Gasteiger partial charge in [-0.1, -0.05) is 0 Å². The third-order valence-corrected chi connectivity index (χ3v) is 0. The van der Waals surface area contributed by atoms with E-state index in [4.69, 9.17) is 10.2 Å². The third kappa shape index (κ3) is 625. The number of hydrogen-bond acceptors (Lipinski definition) is 2. The summed E-state index contributed by atoms with van der Waals surface area (Å²) in [6, 6.07) is 0. The summed E-state index contributed by atoms with van der Waals surface area (Å²) in [4.78, 5) is 0. The molecule has 0 spiro atoms. The van der Waals surface area contributed by atoms with E-state index in [1.807, 2.05) is 0 Å². The minimum absolute atomic E-state index is 0. The fourth-order valence-corrected chi connectivity index (χ4v) is 0. The Morgan fingerprint density at radius 1 is 1.00 bits per heavy atom. The van der Waals surface area contributed by atoms with Gasteiger partial charge in [0.2, 0.25) is 0 Å². The third-order valence-electron chi connectivity index (χ3n) is 0. The fourth-order valence-electron chi connectivity index (χ4n) is 0. The van der Waals surface area contributed by atoms with Gasteiger partial charge in [0.05, 0.1) is 0 Å². The van der Waals surface area contributed by atoms with Gasteiger partial charge in [0.15, 0.2) is 0 Å². The summed E-state index contributed by atoms with van der Waals surface area (Å²) in [6.07, 6.45) is 0. The first-order chi connectivity index (χ1) is 2.83. The van der Waals surface area contributed by atoms with Crippen LogP contribution in [0.15, 0.2) is 0 Å². The van der Waals surface area contributed by atoms with E-state index in [9.17, 15) is 0 Å². The van der Waals surface area contributed by atoms with E-state index in [-0.39, 0.29) is 30.6 Å². The van der Waals surface area contributed by atoms with E-state index in [1.165, 1.54) is 0 Å². The normalized spacial score (nSPS) is 5.14. The Bertz CT molecular complexity index is 11.7. The van der Waals surface area contributed by atoms with Gasteiger partial charge in [-0.05, 0) is 13.8 Å². The summed E-state index contributed by atoms with van der Waals surface area (Å²) >= 11 is 0. The molecule has 3 heteroatoms. The van der Waals surface area contributed by atoms with Crippen LogP contribution in [0.2, 0.25) is 0 Å². The molecule has 0 fully saturated rings. The molecule has 7 heavy (non-hydrogen) atoms. The van der Waals surface area contributed by atoms with Crippen molar-refractivity contribution in [1.82, 2.24) is 0 Å². The Hall–Kier alpha value is 0.452. The van der Waals surface area contributed by atoms with E-state index < -0.39 is 0 Å². The molecule has 0 saturated carbocycles. The summed E-state index contributed by atoms with van der Waals surface area (Å²) in [5.74, 6) is 0. The summed E-state index contributed by atoms with van der Waals surface area (Å²) in [7, 11) is 0. The van der Waals surface area contributed by atoms with Crippen LogP contribution in [0.25, 0.3) is 0 Å². The smallest absolute Gasteiger partial charge is 0.0402 e. The monoisotopic (exact) mass is 144 g/mol. The van der Waals surface area contributed by atoms with Gasteiger partial charge in [0, 0.05) is 30.6 Å². The second-order valence-electron chi connectivity index (χ2n) is 0.632. The molecular formula is C4H12CrO2. The van der Waals surface area contributed by atoms with E-state index in [2.05, 4.69) is 0 Å². The molecule has 0 bridgehead atoms. The topological polar surface area (TPSA) is 40.5 Å². The summed E-state index contributed by atoms with van der Waals surface area (Å²) < 4.78 is 0. The van der Waals surface area contributed by atoms with Gasteiger partial charge in [-0.25, -0.2) is 0 Å². The van der Waals surface area contributed by atoms with Crippen LogP contribution in [0.5, 0.6) is 0 Å². The first-order valence-electron chi connectivity index (χ1n) is 2.05. The van der Waals surface area contributed by atoms with Crippen LogP contribution in [-0.2, 0) is 17.4 Å². The van der Waals surface area contributed by atoms with Crippen molar-refractivity contribution in [2.75, 3.05) is 13.2 Å². The van der Waals surface area contributed by atoms with Gasteiger partial charge in [-0.15, -0.1) is 0 Å². The van der Waals surface area contributed by atoms with Crippen LogP contribution < -0.4 is 0 Å². The molecule has 0 saturated heterocycles. The van der Waals surface area contributed by atoms with Crippen molar-refractivity contribution >= 4 is 0 Å². The zero-order valence-electron chi connectivity index (χ0n) is 4.72. The molecule has 2 nitrogen and oxygen atoms in total. The van der Waals surface area contributed by atoms with E-state index in [1.54, 1.807) is 13.8 Å². The van der Waals surface area contributed by atoms with Crippen LogP contribution in [0.3, 0.4) is 0 Å². The molecule has 0 aliphatic carbocycles. The maximum atomic E-state index is 7.57. The number of hydrogen-bond donors (Lipinski definition) is 2. The fraction of sp³-hybridized carbons (Fsp3) is 1.00. The second kappa shape index (κ2) is 31.9. The van der Waals surface area contributed by atoms with Crippen LogP contribution >= 0.6 is 0 Å². The molecule has 0 unspecified atom stereocenters. The number of aliphatic hydroxyl groups excluding tert-OH is 2. The van der Waals surface area contributed by atoms with Gasteiger partial charge in [0.25, 0.3) is 0 Å². The quantitative estimate of drug-likeness (QED) is 0.502. The van der Waals surface area contributed by atoms with Gasteiger partial charge in [0.1, 0.15) is 0 Å². The Labute approximate surface area is 55.3 Å². The molecule has 0 aromatic carbocycles. The molecule has 0 atom stereocenters. The van der Waals surface area contributed by atoms with Crippen LogP contribution in [0, 0.1) is 0 Å². The average molecular weight is 144 g/mol. The molecule has 0 radical (unpaired) electrons. The molecule has 0 rings (SSSR count). The van der Waals surface area contributed by atoms with Crippen molar-refractivity contribution in [3.63, 3.8) is 0 Å². The van der Waals surface area contributed by atoms with E-state index in [0.717, 1.165) is 0 Å². The van der Waals surface area contributed by atoms with Crippen molar-refractivity contribution < 1.29 is 27.6 Å². The van der Waals surface area contributed by atoms with Crippen molar-refractivity contribution in [2.45, 2.75) is 13.8 Å². The summed E-state index contributed by atoms with van der Waals surface area (Å²) in [6.45, 7) is 3.86. The Morgan fingerprint density at radius 3 is 1.00 bits per heavy atom. The van der Waals surface area contributed by atoms with Crippen molar-refractivity contribution in [3.8, 4) is 0 Å². The molecule has 0 heterocycles. The largest absolute Gasteiger partial charge is 0.397 e. The Morgan fingerprint density at radius 2 is 1.00 bits per heavy atom. The standard InChI is InChI=1S/2C2H6O.Cr/c2*1-2-3;/h2*3H,2H2,1H3;. The number of aliphatic hydroxyl groups is 2. The first kappa shape index (κ1) is 15.7.